The van der Waals surface area contributed by atoms with E-state index in [4.69, 9.17) is 4.74 Å². The smallest absolute Gasteiger partial charge is 0.234 e. The van der Waals surface area contributed by atoms with Crippen LogP contribution in [-0.2, 0) is 9.59 Å². The molecule has 2 amide bonds. The molecule has 0 saturated heterocycles. The predicted molar refractivity (Wildman–Crippen MR) is 113 cm³/mol. The first kappa shape index (κ1) is 21.4. The molecule has 0 aliphatic carbocycles. The molecule has 1 heterocycles. The second-order valence-corrected chi connectivity index (χ2v) is 7.49. The fourth-order valence-electron chi connectivity index (χ4n) is 3.05. The van der Waals surface area contributed by atoms with E-state index in [-0.39, 0.29) is 29.9 Å². The first-order valence-electron chi connectivity index (χ1n) is 9.35. The van der Waals surface area contributed by atoms with Crippen LogP contribution in [0, 0.1) is 17.1 Å². The average molecular weight is 425 g/mol. The number of benzene rings is 2. The van der Waals surface area contributed by atoms with E-state index in [2.05, 4.69) is 16.7 Å². The number of nitrogens with one attached hydrogen (secondary N) is 2. The summed E-state index contributed by atoms with van der Waals surface area (Å²) >= 11 is 1.09. The summed E-state index contributed by atoms with van der Waals surface area (Å²) in [7, 11) is 0. The zero-order valence-electron chi connectivity index (χ0n) is 16.3. The number of rotatable bonds is 7. The Morgan fingerprint density at radius 1 is 1.27 bits per heavy atom. The van der Waals surface area contributed by atoms with Crippen molar-refractivity contribution in [1.29, 1.82) is 5.26 Å². The van der Waals surface area contributed by atoms with Crippen molar-refractivity contribution >= 4 is 29.3 Å². The van der Waals surface area contributed by atoms with Gasteiger partial charge in [0.15, 0.2) is 0 Å². The Morgan fingerprint density at radius 2 is 1.97 bits per heavy atom. The average Bonchev–Trinajstić information content (AvgIpc) is 2.74. The van der Waals surface area contributed by atoms with E-state index >= 15 is 0 Å². The topological polar surface area (TPSA) is 91.2 Å². The Labute approximate surface area is 178 Å². The number of halogens is 1. The summed E-state index contributed by atoms with van der Waals surface area (Å²) in [6.45, 7) is 2.45. The number of nitriles is 1. The van der Waals surface area contributed by atoms with Gasteiger partial charge < -0.3 is 15.4 Å². The normalized spacial score (nSPS) is 15.9. The van der Waals surface area contributed by atoms with Crippen molar-refractivity contribution in [2.75, 3.05) is 17.7 Å². The molecular formula is C22H20FN3O3S. The van der Waals surface area contributed by atoms with Gasteiger partial charge in [0.1, 0.15) is 11.6 Å². The highest BCUT2D eigenvalue weighted by Gasteiger charge is 2.29. The van der Waals surface area contributed by atoms with Crippen LogP contribution in [0.1, 0.15) is 24.8 Å². The molecule has 1 aliphatic rings. The van der Waals surface area contributed by atoms with Crippen molar-refractivity contribution < 1.29 is 18.7 Å². The van der Waals surface area contributed by atoms with Crippen LogP contribution < -0.4 is 15.4 Å². The lowest BCUT2D eigenvalue weighted by Gasteiger charge is -2.25. The predicted octanol–water partition coefficient (Wildman–Crippen LogP) is 3.93. The summed E-state index contributed by atoms with van der Waals surface area (Å²) in [5.41, 5.74) is 1.72. The van der Waals surface area contributed by atoms with Crippen molar-refractivity contribution in [3.05, 3.63) is 70.5 Å². The van der Waals surface area contributed by atoms with Gasteiger partial charge in [-0.25, -0.2) is 4.39 Å². The quantitative estimate of drug-likeness (QED) is 0.701. The molecule has 1 atom stereocenters. The van der Waals surface area contributed by atoms with Gasteiger partial charge in [-0.05, 0) is 48.9 Å². The summed E-state index contributed by atoms with van der Waals surface area (Å²) in [6.07, 6.45) is 0.155. The first-order chi connectivity index (χ1) is 14.5. The van der Waals surface area contributed by atoms with Gasteiger partial charge in [0.05, 0.1) is 29.0 Å². The minimum Gasteiger partial charge on any atom is -0.494 e. The SMILES string of the molecule is CCOc1ccc([C@H]2CC(=O)NC(SCC(=O)Nc3ccc(F)cc3)=C2C#N)cc1. The maximum absolute atomic E-state index is 13.0. The third-order valence-electron chi connectivity index (χ3n) is 4.43. The maximum atomic E-state index is 13.0. The van der Waals surface area contributed by atoms with E-state index in [9.17, 15) is 19.2 Å². The number of amides is 2. The Bertz CT molecular complexity index is 998. The van der Waals surface area contributed by atoms with Crippen LogP contribution in [0.15, 0.2) is 59.1 Å². The number of nitrogens with zero attached hydrogens (tertiary/aromatic N) is 1. The van der Waals surface area contributed by atoms with Gasteiger partial charge in [0.25, 0.3) is 0 Å². The van der Waals surface area contributed by atoms with Crippen LogP contribution in [0.4, 0.5) is 10.1 Å². The third kappa shape index (κ3) is 5.39. The van der Waals surface area contributed by atoms with Crippen LogP contribution in [0.25, 0.3) is 0 Å². The molecule has 0 spiro atoms. The second kappa shape index (κ2) is 9.94. The Balaban J connectivity index is 1.72. The van der Waals surface area contributed by atoms with Crippen molar-refractivity contribution in [1.82, 2.24) is 5.32 Å². The van der Waals surface area contributed by atoms with E-state index in [0.29, 0.717) is 22.9 Å². The fourth-order valence-corrected chi connectivity index (χ4v) is 3.93. The van der Waals surface area contributed by atoms with Gasteiger partial charge in [-0.3, -0.25) is 9.59 Å². The van der Waals surface area contributed by atoms with Crippen molar-refractivity contribution in [2.24, 2.45) is 0 Å². The fraction of sp³-hybridized carbons (Fsp3) is 0.227. The van der Waals surface area contributed by atoms with E-state index in [1.165, 1.54) is 24.3 Å². The maximum Gasteiger partial charge on any atom is 0.234 e. The summed E-state index contributed by atoms with van der Waals surface area (Å²) < 4.78 is 18.4. The molecule has 0 bridgehead atoms. The second-order valence-electron chi connectivity index (χ2n) is 6.51. The summed E-state index contributed by atoms with van der Waals surface area (Å²) in [5, 5.41) is 15.4. The summed E-state index contributed by atoms with van der Waals surface area (Å²) in [5.74, 6) is -0.605. The lowest BCUT2D eigenvalue weighted by atomic mass is 9.87. The third-order valence-corrected chi connectivity index (χ3v) is 5.44. The molecule has 0 fully saturated rings. The molecule has 3 rings (SSSR count). The molecule has 6 nitrogen and oxygen atoms in total. The standard InChI is InChI=1S/C22H20FN3O3S/c1-2-29-17-9-3-14(4-10-17)18-11-20(27)26-22(19(18)12-24)30-13-21(28)25-16-7-5-15(23)6-8-16/h3-10,18H,2,11,13H2,1H3,(H,25,28)(H,26,27)/t18-/m1/s1. The van der Waals surface area contributed by atoms with Crippen molar-refractivity contribution in [3.63, 3.8) is 0 Å². The first-order valence-corrected chi connectivity index (χ1v) is 10.3. The van der Waals surface area contributed by atoms with Gasteiger partial charge in [0.2, 0.25) is 11.8 Å². The number of carbonyl (C=O) groups excluding carboxylic acids is 2. The van der Waals surface area contributed by atoms with Gasteiger partial charge in [-0.15, -0.1) is 0 Å². The highest BCUT2D eigenvalue weighted by atomic mass is 32.2. The molecule has 154 valence electrons. The molecule has 1 aliphatic heterocycles. The van der Waals surface area contributed by atoms with Gasteiger partial charge in [-0.2, -0.15) is 5.26 Å². The van der Waals surface area contributed by atoms with Gasteiger partial charge in [0, 0.05) is 18.0 Å². The van der Waals surface area contributed by atoms with Gasteiger partial charge >= 0.3 is 0 Å². The molecule has 2 aromatic carbocycles. The molecule has 0 saturated carbocycles. The molecule has 0 aromatic heterocycles. The molecule has 2 aromatic rings. The highest BCUT2D eigenvalue weighted by Crippen LogP contribution is 2.36. The van der Waals surface area contributed by atoms with E-state index in [1.54, 1.807) is 0 Å². The molecular weight excluding hydrogens is 405 g/mol. The molecule has 8 heteroatoms. The molecule has 2 N–H and O–H groups in total. The van der Waals surface area contributed by atoms with Gasteiger partial charge in [-0.1, -0.05) is 23.9 Å². The van der Waals surface area contributed by atoms with E-state index < -0.39 is 5.82 Å². The number of ether oxygens (including phenoxy) is 1. The zero-order valence-corrected chi connectivity index (χ0v) is 17.1. The Morgan fingerprint density at radius 3 is 2.60 bits per heavy atom. The summed E-state index contributed by atoms with van der Waals surface area (Å²) in [4.78, 5) is 24.4. The van der Waals surface area contributed by atoms with Crippen molar-refractivity contribution in [3.8, 4) is 11.8 Å². The number of carbonyl (C=O) groups is 2. The van der Waals surface area contributed by atoms with Crippen LogP contribution in [0.2, 0.25) is 0 Å². The summed E-state index contributed by atoms with van der Waals surface area (Å²) in [6, 6.07) is 14.9. The Kier molecular flexibility index (Phi) is 7.09. The van der Waals surface area contributed by atoms with Crippen molar-refractivity contribution in [2.45, 2.75) is 19.3 Å². The number of allylic oxidation sites excluding steroid dienone is 1. The van der Waals surface area contributed by atoms with Crippen LogP contribution in [0.3, 0.4) is 0 Å². The van der Waals surface area contributed by atoms with Crippen LogP contribution >= 0.6 is 11.8 Å². The van der Waals surface area contributed by atoms with E-state index in [0.717, 1.165) is 23.1 Å². The molecule has 0 unspecified atom stereocenters. The number of anilines is 1. The number of hydrogen-bond donors (Lipinski definition) is 2. The largest absolute Gasteiger partial charge is 0.494 e. The molecule has 30 heavy (non-hydrogen) atoms. The minimum atomic E-state index is -0.392. The minimum absolute atomic E-state index is 0.00579. The number of thioether (sulfide) groups is 1. The monoisotopic (exact) mass is 425 g/mol. The Hall–Kier alpha value is -3.31. The number of hydrogen-bond acceptors (Lipinski definition) is 5. The van der Waals surface area contributed by atoms with Crippen LogP contribution in [-0.4, -0.2) is 24.2 Å². The lowest BCUT2D eigenvalue weighted by Crippen LogP contribution is -2.31. The molecule has 0 radical (unpaired) electrons. The highest BCUT2D eigenvalue weighted by molar-refractivity contribution is 8.03. The van der Waals surface area contributed by atoms with Crippen LogP contribution in [0.5, 0.6) is 5.75 Å². The van der Waals surface area contributed by atoms with E-state index in [1.807, 2.05) is 31.2 Å². The lowest BCUT2D eigenvalue weighted by molar-refractivity contribution is -0.121. The zero-order chi connectivity index (χ0) is 21.5.